The summed E-state index contributed by atoms with van der Waals surface area (Å²) in [5, 5.41) is 7.32. The molecule has 0 unspecified atom stereocenters. The van der Waals surface area contributed by atoms with Crippen LogP contribution in [0.25, 0.3) is 0 Å². The first-order chi connectivity index (χ1) is 19.3. The highest BCUT2D eigenvalue weighted by Crippen LogP contribution is 2.22. The van der Waals surface area contributed by atoms with Crippen LogP contribution in [0.1, 0.15) is 136 Å². The molecule has 40 heavy (non-hydrogen) atoms. The molecule has 0 N–H and O–H groups in total. The van der Waals surface area contributed by atoms with Crippen molar-refractivity contribution in [1.29, 1.82) is 5.26 Å². The first kappa shape index (κ1) is 45.5. The van der Waals surface area contributed by atoms with E-state index in [-0.39, 0.29) is 6.29 Å². The van der Waals surface area contributed by atoms with E-state index in [0.717, 1.165) is 5.92 Å². The molecule has 3 rings (SSSR count). The predicted molar refractivity (Wildman–Crippen MR) is 175 cm³/mol. The number of ether oxygens (including phenoxy) is 4. The van der Waals surface area contributed by atoms with Crippen LogP contribution >= 0.6 is 0 Å². The van der Waals surface area contributed by atoms with Crippen molar-refractivity contribution in [2.75, 3.05) is 35.2 Å². The van der Waals surface area contributed by atoms with Gasteiger partial charge in [0.2, 0.25) is 0 Å². The zero-order valence-corrected chi connectivity index (χ0v) is 28.4. The summed E-state index contributed by atoms with van der Waals surface area (Å²) < 4.78 is 18.3. The number of rotatable bonds is 7. The fourth-order valence-electron chi connectivity index (χ4n) is 3.62. The molecular formula is C35H69NO4. The Kier molecular flexibility index (Phi) is 50.7. The van der Waals surface area contributed by atoms with Crippen LogP contribution < -0.4 is 0 Å². The van der Waals surface area contributed by atoms with Crippen LogP contribution in [0.4, 0.5) is 0 Å². The molecular weight excluding hydrogens is 498 g/mol. The first-order valence-corrected chi connectivity index (χ1v) is 15.7. The number of nitrogens with zero attached hydrogens (tertiary/aromatic N) is 1. The minimum absolute atomic E-state index is 0.0648. The summed E-state index contributed by atoms with van der Waals surface area (Å²) in [5.74, 6) is 1.04. The molecule has 1 aromatic carbocycles. The lowest BCUT2D eigenvalue weighted by atomic mass is 9.91. The van der Waals surface area contributed by atoms with Gasteiger partial charge in [-0.3, -0.25) is 0 Å². The summed E-state index contributed by atoms with van der Waals surface area (Å²) in [6, 6.07) is 12.0. The molecule has 0 amide bonds. The van der Waals surface area contributed by atoms with Gasteiger partial charge in [-0.25, -0.2) is 0 Å². The maximum Gasteiger partial charge on any atom is 0.154 e. The highest BCUT2D eigenvalue weighted by molar-refractivity contribution is 5.11. The molecule has 0 atom stereocenters. The zero-order valence-electron chi connectivity index (χ0n) is 28.4. The second-order valence-electron chi connectivity index (χ2n) is 10.2. The number of unbranched alkanes of at least 4 members (excludes halogenated alkanes) is 3. The molecule has 2 aliphatic rings. The van der Waals surface area contributed by atoms with Crippen LogP contribution in [-0.4, -0.2) is 41.5 Å². The van der Waals surface area contributed by atoms with Crippen LogP contribution in [0, 0.1) is 24.2 Å². The third-order valence-electron chi connectivity index (χ3n) is 6.19. The summed E-state index contributed by atoms with van der Waals surface area (Å²) in [7, 11) is 6.38. The van der Waals surface area contributed by atoms with Gasteiger partial charge in [-0.2, -0.15) is 5.26 Å². The number of nitriles is 1. The van der Waals surface area contributed by atoms with E-state index in [4.69, 9.17) is 5.26 Å². The van der Waals surface area contributed by atoms with Gasteiger partial charge in [-0.15, -0.1) is 0 Å². The van der Waals surface area contributed by atoms with Crippen molar-refractivity contribution in [3.8, 4) is 6.07 Å². The van der Waals surface area contributed by atoms with E-state index in [0.29, 0.717) is 6.79 Å². The molecule has 0 aliphatic heterocycles. The van der Waals surface area contributed by atoms with Gasteiger partial charge in [-0.1, -0.05) is 153 Å². The summed E-state index contributed by atoms with van der Waals surface area (Å²) in [6.07, 6.45) is 21.9. The second kappa shape index (κ2) is 44.6. The molecule has 2 saturated carbocycles. The van der Waals surface area contributed by atoms with Crippen molar-refractivity contribution in [3.05, 3.63) is 35.9 Å². The average Bonchev–Trinajstić information content (AvgIpc) is 3.00. The van der Waals surface area contributed by atoms with Gasteiger partial charge in [0.15, 0.2) is 6.29 Å². The van der Waals surface area contributed by atoms with Crippen LogP contribution in [0.15, 0.2) is 30.3 Å². The number of aryl methyl sites for hydroxylation is 1. The van der Waals surface area contributed by atoms with Crippen molar-refractivity contribution >= 4 is 0 Å². The monoisotopic (exact) mass is 568 g/mol. The van der Waals surface area contributed by atoms with Gasteiger partial charge in [-0.05, 0) is 19.8 Å². The Morgan fingerprint density at radius 1 is 0.750 bits per heavy atom. The second-order valence-corrected chi connectivity index (χ2v) is 10.2. The fourth-order valence-corrected chi connectivity index (χ4v) is 3.62. The van der Waals surface area contributed by atoms with Crippen molar-refractivity contribution in [3.63, 3.8) is 0 Å². The van der Waals surface area contributed by atoms with E-state index in [1.54, 1.807) is 34.5 Å². The van der Waals surface area contributed by atoms with Crippen LogP contribution in [0.3, 0.4) is 0 Å². The minimum atomic E-state index is -0.0648. The SMILES string of the molecule is C1CCCCC1.CC#N.CC1CCCCC1.CCCCCC.COC(C)OC.COCOC.Cc1ccccc1. The Bertz CT molecular complexity index is 531. The summed E-state index contributed by atoms with van der Waals surface area (Å²) in [5.41, 5.74) is 1.32. The van der Waals surface area contributed by atoms with Crippen LogP contribution in [0.2, 0.25) is 0 Å². The van der Waals surface area contributed by atoms with Gasteiger partial charge in [0.1, 0.15) is 6.79 Å². The van der Waals surface area contributed by atoms with Gasteiger partial charge in [0.25, 0.3) is 0 Å². The Labute approximate surface area is 251 Å². The lowest BCUT2D eigenvalue weighted by molar-refractivity contribution is -0.0877. The maximum absolute atomic E-state index is 7.32. The zero-order chi connectivity index (χ0) is 31.1. The van der Waals surface area contributed by atoms with E-state index in [2.05, 4.69) is 58.8 Å². The number of benzene rings is 1. The minimum Gasteiger partial charge on any atom is -0.359 e. The van der Waals surface area contributed by atoms with Gasteiger partial charge in [0.05, 0.1) is 6.07 Å². The molecule has 5 nitrogen and oxygen atoms in total. The Morgan fingerprint density at radius 2 is 1.10 bits per heavy atom. The molecule has 0 saturated heterocycles. The third-order valence-corrected chi connectivity index (χ3v) is 6.19. The van der Waals surface area contributed by atoms with Crippen molar-refractivity contribution in [1.82, 2.24) is 0 Å². The largest absolute Gasteiger partial charge is 0.359 e. The van der Waals surface area contributed by atoms with Gasteiger partial charge < -0.3 is 18.9 Å². The van der Waals surface area contributed by atoms with Gasteiger partial charge in [0, 0.05) is 35.4 Å². The molecule has 0 aromatic heterocycles. The van der Waals surface area contributed by atoms with E-state index >= 15 is 0 Å². The van der Waals surface area contributed by atoms with Gasteiger partial charge >= 0.3 is 0 Å². The molecule has 0 spiro atoms. The Balaban J connectivity index is -0.000000191. The van der Waals surface area contributed by atoms with Crippen LogP contribution in [-0.2, 0) is 18.9 Å². The van der Waals surface area contributed by atoms with E-state index in [1.807, 2.05) is 25.1 Å². The number of hydrogen-bond donors (Lipinski definition) is 0. The molecule has 238 valence electrons. The number of hydrogen-bond acceptors (Lipinski definition) is 5. The molecule has 0 radical (unpaired) electrons. The summed E-state index contributed by atoms with van der Waals surface area (Å²) in [4.78, 5) is 0. The van der Waals surface area contributed by atoms with Crippen molar-refractivity contribution in [2.45, 2.75) is 144 Å². The van der Waals surface area contributed by atoms with E-state index in [9.17, 15) is 0 Å². The predicted octanol–water partition coefficient (Wildman–Crippen LogP) is 10.9. The first-order valence-electron chi connectivity index (χ1n) is 15.7. The average molecular weight is 568 g/mol. The molecule has 5 heteroatoms. The molecule has 0 heterocycles. The highest BCUT2D eigenvalue weighted by atomic mass is 16.7. The molecule has 1 aromatic rings. The molecule has 2 fully saturated rings. The normalized spacial score (nSPS) is 13.7. The van der Waals surface area contributed by atoms with Crippen molar-refractivity contribution < 1.29 is 18.9 Å². The smallest absolute Gasteiger partial charge is 0.154 e. The quantitative estimate of drug-likeness (QED) is 0.242. The van der Waals surface area contributed by atoms with Crippen molar-refractivity contribution in [2.24, 2.45) is 5.92 Å². The van der Waals surface area contributed by atoms with E-state index < -0.39 is 0 Å². The fraction of sp³-hybridized carbons (Fsp3) is 0.800. The molecule has 2 aliphatic carbocycles. The Morgan fingerprint density at radius 3 is 1.25 bits per heavy atom. The topological polar surface area (TPSA) is 60.7 Å². The standard InChI is InChI=1S/C7H14.C7H8.C6H12.C6H14.C4H10O2.C3H8O2.C2H3N/c2*1-7-5-3-2-4-6-7;1-2-4-6-5-3-1;1-3-5-6-4-2;1-4(5-2)6-3;1-4-3-5-2;1-2-3/h7H,2-6H2,1H3;2-6H,1H3;1-6H2;3-6H2,1-2H3;4H,1-3H3;3H2,1-2H3;1H3. The Hall–Kier alpha value is -1.45. The highest BCUT2D eigenvalue weighted by Gasteiger charge is 2.06. The third kappa shape index (κ3) is 52.9. The van der Waals surface area contributed by atoms with Crippen LogP contribution in [0.5, 0.6) is 0 Å². The lowest BCUT2D eigenvalue weighted by Crippen LogP contribution is -2.05. The number of methoxy groups -OCH3 is 4. The summed E-state index contributed by atoms with van der Waals surface area (Å²) >= 11 is 0. The van der Waals surface area contributed by atoms with E-state index in [1.165, 1.54) is 109 Å². The lowest BCUT2D eigenvalue weighted by Gasteiger charge is -2.15. The molecule has 0 bridgehead atoms. The summed E-state index contributed by atoms with van der Waals surface area (Å²) in [6.45, 7) is 12.6. The maximum atomic E-state index is 7.32.